The molecule has 0 radical (unpaired) electrons. The summed E-state index contributed by atoms with van der Waals surface area (Å²) in [5.41, 5.74) is 11.3. The van der Waals surface area contributed by atoms with Gasteiger partial charge in [-0.05, 0) is 30.7 Å². The first-order chi connectivity index (χ1) is 11.7. The second kappa shape index (κ2) is 5.48. The van der Waals surface area contributed by atoms with E-state index < -0.39 is 0 Å². The lowest BCUT2D eigenvalue weighted by Crippen LogP contribution is -1.90. The molecule has 1 aromatic carbocycles. The second-order valence-corrected chi connectivity index (χ2v) is 6.52. The summed E-state index contributed by atoms with van der Waals surface area (Å²) >= 11 is 1.45. The lowest BCUT2D eigenvalue weighted by molar-refractivity contribution is 1.17. The molecule has 0 unspecified atom stereocenters. The van der Waals surface area contributed by atoms with Crippen molar-refractivity contribution in [3.05, 3.63) is 60.0 Å². The van der Waals surface area contributed by atoms with E-state index in [1.165, 1.54) is 11.3 Å². The van der Waals surface area contributed by atoms with Crippen LogP contribution in [0.15, 0.2) is 48.9 Å². The number of nitriles is 1. The van der Waals surface area contributed by atoms with Gasteiger partial charge in [0.2, 0.25) is 0 Å². The number of pyridine rings is 1. The summed E-state index contributed by atoms with van der Waals surface area (Å²) in [4.78, 5) is 9.83. The Balaban J connectivity index is 1.93. The van der Waals surface area contributed by atoms with Crippen molar-refractivity contribution < 1.29 is 0 Å². The minimum atomic E-state index is 0.505. The molecule has 0 fully saturated rings. The first-order valence-corrected chi connectivity index (χ1v) is 8.18. The van der Waals surface area contributed by atoms with Crippen LogP contribution in [0, 0.1) is 18.3 Å². The minimum Gasteiger partial charge on any atom is -0.375 e. The van der Waals surface area contributed by atoms with Crippen LogP contribution in [0.4, 0.5) is 5.13 Å². The van der Waals surface area contributed by atoms with Gasteiger partial charge in [0.25, 0.3) is 0 Å². The van der Waals surface area contributed by atoms with Gasteiger partial charge in [0.15, 0.2) is 5.13 Å². The van der Waals surface area contributed by atoms with E-state index in [4.69, 9.17) is 11.0 Å². The Bertz CT molecular complexity index is 1100. The minimum absolute atomic E-state index is 0.505. The van der Waals surface area contributed by atoms with E-state index in [0.717, 1.165) is 32.9 Å². The van der Waals surface area contributed by atoms with E-state index in [1.54, 1.807) is 12.3 Å². The summed E-state index contributed by atoms with van der Waals surface area (Å²) in [5, 5.41) is 9.63. The fraction of sp³-hybridized carbons (Fsp3) is 0.0556. The number of rotatable bonds is 2. The third kappa shape index (κ3) is 2.32. The first-order valence-electron chi connectivity index (χ1n) is 7.36. The molecule has 2 N–H and O–H groups in total. The van der Waals surface area contributed by atoms with Crippen LogP contribution in [0.25, 0.3) is 27.3 Å². The van der Waals surface area contributed by atoms with Crippen molar-refractivity contribution in [1.29, 1.82) is 5.26 Å². The third-order valence-corrected chi connectivity index (χ3v) is 4.78. The fourth-order valence-electron chi connectivity index (χ4n) is 2.80. The van der Waals surface area contributed by atoms with Crippen LogP contribution in [0.3, 0.4) is 0 Å². The number of imidazole rings is 1. The zero-order chi connectivity index (χ0) is 16.7. The molecule has 0 amide bonds. The molecule has 24 heavy (non-hydrogen) atoms. The van der Waals surface area contributed by atoms with Crippen molar-refractivity contribution >= 4 is 22.1 Å². The highest BCUT2D eigenvalue weighted by Gasteiger charge is 2.15. The van der Waals surface area contributed by atoms with Crippen molar-refractivity contribution in [3.63, 3.8) is 0 Å². The molecule has 0 saturated carbocycles. The maximum Gasteiger partial charge on any atom is 0.181 e. The molecule has 4 rings (SSSR count). The van der Waals surface area contributed by atoms with Gasteiger partial charge >= 0.3 is 0 Å². The fourth-order valence-corrected chi connectivity index (χ4v) is 3.63. The maximum atomic E-state index is 9.13. The van der Waals surface area contributed by atoms with Gasteiger partial charge in [0.05, 0.1) is 22.2 Å². The molecule has 0 bridgehead atoms. The van der Waals surface area contributed by atoms with E-state index in [-0.39, 0.29) is 0 Å². The molecule has 3 heterocycles. The SMILES string of the molecule is Cc1cc(-c2sc(N)nc2-c2cccc(C#N)c2)cn2ccnc12. The number of thiazole rings is 1. The summed E-state index contributed by atoms with van der Waals surface area (Å²) in [6, 6.07) is 11.7. The Morgan fingerprint density at radius 3 is 2.96 bits per heavy atom. The molecule has 0 aliphatic rings. The van der Waals surface area contributed by atoms with Crippen molar-refractivity contribution in [2.75, 3.05) is 5.73 Å². The zero-order valence-corrected chi connectivity index (χ0v) is 13.7. The molecule has 0 saturated heterocycles. The Morgan fingerprint density at radius 1 is 1.25 bits per heavy atom. The largest absolute Gasteiger partial charge is 0.375 e. The van der Waals surface area contributed by atoms with Crippen LogP contribution in [-0.2, 0) is 0 Å². The van der Waals surface area contributed by atoms with Crippen molar-refractivity contribution in [1.82, 2.24) is 14.4 Å². The smallest absolute Gasteiger partial charge is 0.181 e. The van der Waals surface area contributed by atoms with Crippen LogP contribution >= 0.6 is 11.3 Å². The lowest BCUT2D eigenvalue weighted by Gasteiger charge is -2.06. The lowest BCUT2D eigenvalue weighted by atomic mass is 10.0. The molecule has 0 aliphatic carbocycles. The highest BCUT2D eigenvalue weighted by Crippen LogP contribution is 2.38. The molecule has 0 spiro atoms. The molecular weight excluding hydrogens is 318 g/mol. The predicted molar refractivity (Wildman–Crippen MR) is 95.6 cm³/mol. The van der Waals surface area contributed by atoms with Gasteiger partial charge in [-0.2, -0.15) is 5.26 Å². The Hall–Kier alpha value is -3.17. The number of fused-ring (bicyclic) bond motifs is 1. The summed E-state index contributed by atoms with van der Waals surface area (Å²) in [6.07, 6.45) is 5.73. The maximum absolute atomic E-state index is 9.13. The predicted octanol–water partition coefficient (Wildman–Crippen LogP) is 3.89. The van der Waals surface area contributed by atoms with Crippen molar-refractivity contribution in [2.45, 2.75) is 6.92 Å². The van der Waals surface area contributed by atoms with E-state index in [0.29, 0.717) is 10.7 Å². The van der Waals surface area contributed by atoms with Gasteiger partial charge in [0.1, 0.15) is 5.65 Å². The van der Waals surface area contributed by atoms with E-state index in [1.807, 2.05) is 41.9 Å². The number of anilines is 1. The van der Waals surface area contributed by atoms with Gasteiger partial charge in [0, 0.05) is 29.7 Å². The standard InChI is InChI=1S/C18H13N5S/c1-11-7-14(10-23-6-5-21-17(11)23)16-15(22-18(20)24-16)13-4-2-3-12(8-13)9-19/h2-8,10H,1H3,(H2,20,22). The van der Waals surface area contributed by atoms with Crippen molar-refractivity contribution in [2.24, 2.45) is 0 Å². The summed E-state index contributed by atoms with van der Waals surface area (Å²) < 4.78 is 2.00. The van der Waals surface area contributed by atoms with Gasteiger partial charge in [-0.15, -0.1) is 0 Å². The number of nitrogens with two attached hydrogens (primary N) is 1. The zero-order valence-electron chi connectivity index (χ0n) is 12.9. The molecule has 0 atom stereocenters. The number of nitrogens with zero attached hydrogens (tertiary/aromatic N) is 4. The summed E-state index contributed by atoms with van der Waals surface area (Å²) in [5.74, 6) is 0. The van der Waals surface area contributed by atoms with Crippen LogP contribution in [0.1, 0.15) is 11.1 Å². The normalized spacial score (nSPS) is 10.8. The quantitative estimate of drug-likeness (QED) is 0.604. The van der Waals surface area contributed by atoms with Gasteiger partial charge in [-0.1, -0.05) is 23.5 Å². The van der Waals surface area contributed by atoms with Crippen LogP contribution < -0.4 is 5.73 Å². The molecule has 4 aromatic rings. The van der Waals surface area contributed by atoms with Crippen LogP contribution in [-0.4, -0.2) is 14.4 Å². The second-order valence-electron chi connectivity index (χ2n) is 5.49. The monoisotopic (exact) mass is 331 g/mol. The number of aryl methyl sites for hydroxylation is 1. The number of hydrogen-bond acceptors (Lipinski definition) is 5. The Morgan fingerprint density at radius 2 is 2.12 bits per heavy atom. The molecule has 0 aliphatic heterocycles. The molecule has 5 nitrogen and oxygen atoms in total. The number of aromatic nitrogens is 3. The van der Waals surface area contributed by atoms with Crippen LogP contribution in [0.2, 0.25) is 0 Å². The average molecular weight is 331 g/mol. The van der Waals surface area contributed by atoms with E-state index >= 15 is 0 Å². The topological polar surface area (TPSA) is 80.0 Å². The van der Waals surface area contributed by atoms with Crippen molar-refractivity contribution in [3.8, 4) is 27.8 Å². The summed E-state index contributed by atoms with van der Waals surface area (Å²) in [6.45, 7) is 2.03. The molecule has 116 valence electrons. The Labute approximate surface area is 142 Å². The molecule has 6 heteroatoms. The molecular formula is C18H13N5S. The number of benzene rings is 1. The van der Waals surface area contributed by atoms with Gasteiger partial charge in [-0.25, -0.2) is 9.97 Å². The average Bonchev–Trinajstić information content (AvgIpc) is 3.21. The van der Waals surface area contributed by atoms with E-state index in [2.05, 4.69) is 22.1 Å². The highest BCUT2D eigenvalue weighted by molar-refractivity contribution is 7.19. The first kappa shape index (κ1) is 14.4. The molecule has 3 aromatic heterocycles. The van der Waals surface area contributed by atoms with Crippen LogP contribution in [0.5, 0.6) is 0 Å². The van der Waals surface area contributed by atoms with Gasteiger partial charge in [-0.3, -0.25) is 0 Å². The van der Waals surface area contributed by atoms with Gasteiger partial charge < -0.3 is 10.1 Å². The number of hydrogen-bond donors (Lipinski definition) is 1. The van der Waals surface area contributed by atoms with E-state index in [9.17, 15) is 0 Å². The highest BCUT2D eigenvalue weighted by atomic mass is 32.1. The third-order valence-electron chi connectivity index (χ3n) is 3.84. The number of nitrogen functional groups attached to an aromatic ring is 1. The Kier molecular flexibility index (Phi) is 3.29. The summed E-state index contributed by atoms with van der Waals surface area (Å²) in [7, 11) is 0.